The van der Waals surface area contributed by atoms with E-state index in [4.69, 9.17) is 4.74 Å². The molecule has 6 heteroatoms. The minimum atomic E-state index is -0.295. The van der Waals surface area contributed by atoms with Crippen LogP contribution >= 0.6 is 0 Å². The van der Waals surface area contributed by atoms with Gasteiger partial charge in [0, 0.05) is 12.3 Å². The number of nitrogens with one attached hydrogen (secondary N) is 2. The number of rotatable bonds is 3. The second-order valence-electron chi connectivity index (χ2n) is 5.22. The normalized spacial score (nSPS) is 16.8. The van der Waals surface area contributed by atoms with Crippen LogP contribution in [0.3, 0.4) is 0 Å². The number of aromatic amines is 1. The molecular weight excluding hydrogens is 282 g/mol. The molecule has 0 unspecified atom stereocenters. The number of aromatic nitrogens is 2. The van der Waals surface area contributed by atoms with E-state index in [2.05, 4.69) is 15.3 Å². The second-order valence-corrected chi connectivity index (χ2v) is 5.22. The molecule has 6 nitrogen and oxygen atoms in total. The fraction of sp³-hybridized carbons (Fsp3) is 0.312. The minimum Gasteiger partial charge on any atom is -0.494 e. The van der Waals surface area contributed by atoms with E-state index in [1.54, 1.807) is 6.92 Å². The van der Waals surface area contributed by atoms with Gasteiger partial charge in [-0.15, -0.1) is 0 Å². The summed E-state index contributed by atoms with van der Waals surface area (Å²) in [5.74, 6) is 1.18. The molecule has 0 bridgehead atoms. The number of aryl methyl sites for hydroxylation is 1. The molecule has 0 fully saturated rings. The average molecular weight is 299 g/mol. The number of benzene rings is 1. The van der Waals surface area contributed by atoms with Crippen LogP contribution < -0.4 is 15.6 Å². The number of carbonyl (C=O) groups is 1. The zero-order chi connectivity index (χ0) is 15.7. The molecule has 0 radical (unpaired) electrons. The third-order valence-electron chi connectivity index (χ3n) is 3.66. The molecule has 3 rings (SSSR count). The zero-order valence-electron chi connectivity index (χ0n) is 12.5. The Bertz CT molecular complexity index is 765. The molecule has 2 heterocycles. The Labute approximate surface area is 127 Å². The van der Waals surface area contributed by atoms with Crippen molar-refractivity contribution in [2.45, 2.75) is 26.2 Å². The predicted octanol–water partition coefficient (Wildman–Crippen LogP) is 1.95. The van der Waals surface area contributed by atoms with Gasteiger partial charge in [0.25, 0.3) is 5.56 Å². The molecular formula is C16H17N3O3. The van der Waals surface area contributed by atoms with Gasteiger partial charge in [-0.25, -0.2) is 4.98 Å². The van der Waals surface area contributed by atoms with Crippen LogP contribution in [0.15, 0.2) is 29.1 Å². The molecule has 0 saturated heterocycles. The summed E-state index contributed by atoms with van der Waals surface area (Å²) in [6.45, 7) is 4.20. The van der Waals surface area contributed by atoms with Gasteiger partial charge in [-0.1, -0.05) is 12.1 Å². The zero-order valence-corrected chi connectivity index (χ0v) is 12.5. The molecule has 114 valence electrons. The lowest BCUT2D eigenvalue weighted by atomic mass is 9.87. The maximum atomic E-state index is 12.3. The van der Waals surface area contributed by atoms with E-state index >= 15 is 0 Å². The summed E-state index contributed by atoms with van der Waals surface area (Å²) >= 11 is 0. The summed E-state index contributed by atoms with van der Waals surface area (Å²) in [5, 5.41) is 2.68. The van der Waals surface area contributed by atoms with Crippen LogP contribution in [0.25, 0.3) is 0 Å². The Morgan fingerprint density at radius 1 is 1.27 bits per heavy atom. The van der Waals surface area contributed by atoms with E-state index in [0.29, 0.717) is 23.8 Å². The van der Waals surface area contributed by atoms with Crippen molar-refractivity contribution in [3.8, 4) is 5.75 Å². The first-order valence-corrected chi connectivity index (χ1v) is 7.22. The highest BCUT2D eigenvalue weighted by molar-refractivity contribution is 5.94. The van der Waals surface area contributed by atoms with Gasteiger partial charge in [-0.3, -0.25) is 9.59 Å². The fourth-order valence-corrected chi connectivity index (χ4v) is 2.73. The Hall–Kier alpha value is -2.63. The van der Waals surface area contributed by atoms with Crippen molar-refractivity contribution in [1.29, 1.82) is 0 Å². The van der Waals surface area contributed by atoms with Gasteiger partial charge in [0.15, 0.2) is 0 Å². The van der Waals surface area contributed by atoms with E-state index in [-0.39, 0.29) is 23.8 Å². The maximum Gasteiger partial charge on any atom is 0.256 e. The van der Waals surface area contributed by atoms with Crippen molar-refractivity contribution in [3.05, 3.63) is 51.6 Å². The molecule has 1 aromatic carbocycles. The van der Waals surface area contributed by atoms with Crippen LogP contribution in [0.1, 0.15) is 36.2 Å². The second kappa shape index (κ2) is 5.63. The van der Waals surface area contributed by atoms with Crippen LogP contribution in [0.4, 0.5) is 5.82 Å². The van der Waals surface area contributed by atoms with Crippen LogP contribution in [-0.4, -0.2) is 22.5 Å². The van der Waals surface area contributed by atoms with Gasteiger partial charge >= 0.3 is 0 Å². The van der Waals surface area contributed by atoms with Crippen LogP contribution in [0, 0.1) is 6.92 Å². The molecule has 0 aliphatic carbocycles. The van der Waals surface area contributed by atoms with Gasteiger partial charge in [-0.2, -0.15) is 0 Å². The van der Waals surface area contributed by atoms with Gasteiger partial charge in [0.2, 0.25) is 5.91 Å². The van der Waals surface area contributed by atoms with E-state index in [1.165, 1.54) is 0 Å². The summed E-state index contributed by atoms with van der Waals surface area (Å²) < 4.78 is 5.42. The van der Waals surface area contributed by atoms with E-state index in [1.807, 2.05) is 31.2 Å². The molecule has 1 aliphatic rings. The smallest absolute Gasteiger partial charge is 0.256 e. The number of anilines is 1. The summed E-state index contributed by atoms with van der Waals surface area (Å²) in [5.41, 5.74) is 1.20. The Morgan fingerprint density at radius 3 is 2.68 bits per heavy atom. The highest BCUT2D eigenvalue weighted by Crippen LogP contribution is 2.34. The first-order valence-electron chi connectivity index (χ1n) is 7.22. The molecule has 2 N–H and O–H groups in total. The number of fused-ring (bicyclic) bond motifs is 1. The highest BCUT2D eigenvalue weighted by Gasteiger charge is 2.30. The molecule has 0 spiro atoms. The van der Waals surface area contributed by atoms with Gasteiger partial charge in [-0.05, 0) is 31.5 Å². The first kappa shape index (κ1) is 14.3. The predicted molar refractivity (Wildman–Crippen MR) is 82.3 cm³/mol. The lowest BCUT2D eigenvalue weighted by Gasteiger charge is -2.24. The molecule has 1 atom stereocenters. The summed E-state index contributed by atoms with van der Waals surface area (Å²) in [6, 6.07) is 7.47. The van der Waals surface area contributed by atoms with Gasteiger partial charge < -0.3 is 15.0 Å². The van der Waals surface area contributed by atoms with Crippen molar-refractivity contribution in [2.75, 3.05) is 11.9 Å². The number of nitrogens with zero attached hydrogens (tertiary/aromatic N) is 1. The monoisotopic (exact) mass is 299 g/mol. The Balaban J connectivity index is 2.05. The average Bonchev–Trinajstić information content (AvgIpc) is 2.46. The topological polar surface area (TPSA) is 84.1 Å². The lowest BCUT2D eigenvalue weighted by Crippen LogP contribution is -2.31. The van der Waals surface area contributed by atoms with E-state index < -0.39 is 0 Å². The molecule has 2 aromatic rings. The SMILES string of the molecule is CCOc1ccc([C@@H]2CC(=O)Nc3nc(C)[nH]c(=O)c32)cc1. The van der Waals surface area contributed by atoms with Crippen molar-refractivity contribution in [3.63, 3.8) is 0 Å². The molecule has 0 saturated carbocycles. The number of H-pyrrole nitrogens is 1. The van der Waals surface area contributed by atoms with Gasteiger partial charge in [0.05, 0.1) is 12.2 Å². The largest absolute Gasteiger partial charge is 0.494 e. The van der Waals surface area contributed by atoms with E-state index in [9.17, 15) is 9.59 Å². The molecule has 1 aromatic heterocycles. The first-order chi connectivity index (χ1) is 10.6. The number of hydrogen-bond acceptors (Lipinski definition) is 4. The van der Waals surface area contributed by atoms with Gasteiger partial charge in [0.1, 0.15) is 17.4 Å². The maximum absolute atomic E-state index is 12.3. The van der Waals surface area contributed by atoms with Crippen molar-refractivity contribution in [2.24, 2.45) is 0 Å². The fourth-order valence-electron chi connectivity index (χ4n) is 2.73. The number of ether oxygens (including phenoxy) is 1. The number of carbonyl (C=O) groups excluding carboxylic acids is 1. The third-order valence-corrected chi connectivity index (χ3v) is 3.66. The standard InChI is InChI=1S/C16H17N3O3/c1-3-22-11-6-4-10(5-7-11)12-8-13(20)19-15-14(12)16(21)18-9(2)17-15/h4-7,12H,3,8H2,1-2H3,(H2,17,18,19,20,21)/t12-/m0/s1. The summed E-state index contributed by atoms with van der Waals surface area (Å²) in [6.07, 6.45) is 0.231. The van der Waals surface area contributed by atoms with Crippen LogP contribution in [0.2, 0.25) is 0 Å². The van der Waals surface area contributed by atoms with E-state index in [0.717, 1.165) is 11.3 Å². The van der Waals surface area contributed by atoms with Crippen LogP contribution in [0.5, 0.6) is 5.75 Å². The summed E-state index contributed by atoms with van der Waals surface area (Å²) in [7, 11) is 0. The Morgan fingerprint density at radius 2 is 2.00 bits per heavy atom. The van der Waals surface area contributed by atoms with Crippen LogP contribution in [-0.2, 0) is 4.79 Å². The van der Waals surface area contributed by atoms with Crippen molar-refractivity contribution in [1.82, 2.24) is 9.97 Å². The lowest BCUT2D eigenvalue weighted by molar-refractivity contribution is -0.116. The highest BCUT2D eigenvalue weighted by atomic mass is 16.5. The number of amides is 1. The molecule has 22 heavy (non-hydrogen) atoms. The number of hydrogen-bond donors (Lipinski definition) is 2. The minimum absolute atomic E-state index is 0.135. The Kier molecular flexibility index (Phi) is 3.66. The summed E-state index contributed by atoms with van der Waals surface area (Å²) in [4.78, 5) is 31.1. The molecule has 1 amide bonds. The molecule has 1 aliphatic heterocycles. The van der Waals surface area contributed by atoms with Crippen molar-refractivity contribution < 1.29 is 9.53 Å². The third kappa shape index (κ3) is 2.59. The van der Waals surface area contributed by atoms with Crippen molar-refractivity contribution >= 4 is 11.7 Å². The quantitative estimate of drug-likeness (QED) is 0.907.